The highest BCUT2D eigenvalue weighted by molar-refractivity contribution is 4.78. The van der Waals surface area contributed by atoms with Crippen LogP contribution < -0.4 is 5.32 Å². The van der Waals surface area contributed by atoms with Gasteiger partial charge in [-0.1, -0.05) is 20.8 Å². The van der Waals surface area contributed by atoms with Crippen molar-refractivity contribution in [3.63, 3.8) is 0 Å². The molecule has 0 bridgehead atoms. The molecule has 1 aliphatic heterocycles. The molecule has 2 unspecified atom stereocenters. The average molecular weight is 242 g/mol. The third kappa shape index (κ3) is 5.84. The van der Waals surface area contributed by atoms with E-state index in [1.807, 2.05) is 0 Å². The van der Waals surface area contributed by atoms with Crippen LogP contribution in [0.2, 0.25) is 0 Å². The lowest BCUT2D eigenvalue weighted by molar-refractivity contribution is 0.0119. The molecule has 102 valence electrons. The van der Waals surface area contributed by atoms with Crippen molar-refractivity contribution >= 4 is 0 Å². The molecule has 3 nitrogen and oxygen atoms in total. The monoisotopic (exact) mass is 242 g/mol. The van der Waals surface area contributed by atoms with Gasteiger partial charge in [0, 0.05) is 31.7 Å². The summed E-state index contributed by atoms with van der Waals surface area (Å²) in [6.45, 7) is 14.3. The van der Waals surface area contributed by atoms with Gasteiger partial charge in [0.25, 0.3) is 0 Å². The number of rotatable bonds is 7. The third-order valence-electron chi connectivity index (χ3n) is 3.62. The molecule has 1 rings (SSSR count). The van der Waals surface area contributed by atoms with Crippen LogP contribution in [0.15, 0.2) is 0 Å². The molecule has 0 amide bonds. The lowest BCUT2D eigenvalue weighted by atomic mass is 10.0. The van der Waals surface area contributed by atoms with Crippen LogP contribution in [0.3, 0.4) is 0 Å². The summed E-state index contributed by atoms with van der Waals surface area (Å²) in [5.41, 5.74) is 0. The Hall–Kier alpha value is -0.120. The standard InChI is InChI=1S/C14H30N2O/c1-5-13(4)15-11-14(10-12(2)3)16-6-8-17-9-7-16/h12-15H,5-11H2,1-4H3. The van der Waals surface area contributed by atoms with Gasteiger partial charge in [-0.3, -0.25) is 4.90 Å². The maximum absolute atomic E-state index is 5.44. The Bertz CT molecular complexity index is 191. The van der Waals surface area contributed by atoms with Crippen LogP contribution in [0.25, 0.3) is 0 Å². The van der Waals surface area contributed by atoms with E-state index in [1.54, 1.807) is 0 Å². The van der Waals surface area contributed by atoms with E-state index in [9.17, 15) is 0 Å². The molecule has 0 radical (unpaired) electrons. The Morgan fingerprint density at radius 3 is 2.35 bits per heavy atom. The van der Waals surface area contributed by atoms with Crippen LogP contribution in [0.5, 0.6) is 0 Å². The molecule has 0 aromatic carbocycles. The van der Waals surface area contributed by atoms with Gasteiger partial charge in [0.1, 0.15) is 0 Å². The molecule has 0 aromatic rings. The highest BCUT2D eigenvalue weighted by Gasteiger charge is 2.21. The first-order valence-electron chi connectivity index (χ1n) is 7.18. The Morgan fingerprint density at radius 1 is 1.18 bits per heavy atom. The molecular weight excluding hydrogens is 212 g/mol. The predicted octanol–water partition coefficient (Wildman–Crippen LogP) is 2.12. The summed E-state index contributed by atoms with van der Waals surface area (Å²) in [4.78, 5) is 2.60. The normalized spacial score (nSPS) is 21.7. The molecule has 0 aliphatic carbocycles. The van der Waals surface area contributed by atoms with Crippen molar-refractivity contribution in [2.45, 2.75) is 52.6 Å². The van der Waals surface area contributed by atoms with E-state index in [-0.39, 0.29) is 0 Å². The Balaban J connectivity index is 2.41. The molecule has 3 heteroatoms. The summed E-state index contributed by atoms with van der Waals surface area (Å²) in [7, 11) is 0. The van der Waals surface area contributed by atoms with Crippen LogP contribution in [-0.4, -0.2) is 49.8 Å². The van der Waals surface area contributed by atoms with Crippen LogP contribution in [-0.2, 0) is 4.74 Å². The minimum absolute atomic E-state index is 0.630. The third-order valence-corrected chi connectivity index (χ3v) is 3.62. The summed E-state index contributed by atoms with van der Waals surface area (Å²) in [5, 5.41) is 3.65. The molecule has 0 spiro atoms. The molecule has 0 aromatic heterocycles. The Kier molecular flexibility index (Phi) is 7.09. The van der Waals surface area contributed by atoms with Gasteiger partial charge in [0.2, 0.25) is 0 Å². The minimum Gasteiger partial charge on any atom is -0.379 e. The van der Waals surface area contributed by atoms with Crippen LogP contribution in [0, 0.1) is 5.92 Å². The van der Waals surface area contributed by atoms with Gasteiger partial charge >= 0.3 is 0 Å². The van der Waals surface area contributed by atoms with Gasteiger partial charge in [-0.2, -0.15) is 0 Å². The van der Waals surface area contributed by atoms with Gasteiger partial charge in [0.05, 0.1) is 13.2 Å². The summed E-state index contributed by atoms with van der Waals surface area (Å²) in [6.07, 6.45) is 2.49. The number of nitrogens with zero attached hydrogens (tertiary/aromatic N) is 1. The van der Waals surface area contributed by atoms with Crippen molar-refractivity contribution in [3.05, 3.63) is 0 Å². The van der Waals surface area contributed by atoms with Crippen LogP contribution in [0.1, 0.15) is 40.5 Å². The number of hydrogen-bond acceptors (Lipinski definition) is 3. The second-order valence-corrected chi connectivity index (χ2v) is 5.65. The maximum atomic E-state index is 5.44. The molecule has 1 saturated heterocycles. The van der Waals surface area contributed by atoms with E-state index >= 15 is 0 Å². The van der Waals surface area contributed by atoms with E-state index in [4.69, 9.17) is 4.74 Å². The first-order chi connectivity index (χ1) is 8.13. The number of nitrogens with one attached hydrogen (secondary N) is 1. The largest absolute Gasteiger partial charge is 0.379 e. The fourth-order valence-electron chi connectivity index (χ4n) is 2.33. The first kappa shape index (κ1) is 14.9. The highest BCUT2D eigenvalue weighted by Crippen LogP contribution is 2.13. The first-order valence-corrected chi connectivity index (χ1v) is 7.18. The van der Waals surface area contributed by atoms with E-state index in [1.165, 1.54) is 12.8 Å². The summed E-state index contributed by atoms with van der Waals surface area (Å²) < 4.78 is 5.44. The Morgan fingerprint density at radius 2 is 1.82 bits per heavy atom. The lowest BCUT2D eigenvalue weighted by Crippen LogP contribution is -2.49. The smallest absolute Gasteiger partial charge is 0.0594 e. The average Bonchev–Trinajstić information content (AvgIpc) is 2.34. The highest BCUT2D eigenvalue weighted by atomic mass is 16.5. The summed E-state index contributed by atoms with van der Waals surface area (Å²) in [5.74, 6) is 0.765. The van der Waals surface area contributed by atoms with Gasteiger partial charge in [-0.15, -0.1) is 0 Å². The summed E-state index contributed by atoms with van der Waals surface area (Å²) >= 11 is 0. The van der Waals surface area contributed by atoms with E-state index in [2.05, 4.69) is 37.9 Å². The number of morpholine rings is 1. The molecule has 17 heavy (non-hydrogen) atoms. The van der Waals surface area contributed by atoms with Crippen molar-refractivity contribution in [1.82, 2.24) is 10.2 Å². The van der Waals surface area contributed by atoms with Crippen LogP contribution >= 0.6 is 0 Å². The van der Waals surface area contributed by atoms with Crippen molar-refractivity contribution in [2.75, 3.05) is 32.8 Å². The number of hydrogen-bond donors (Lipinski definition) is 1. The molecule has 1 heterocycles. The van der Waals surface area contributed by atoms with Crippen molar-refractivity contribution in [1.29, 1.82) is 0 Å². The predicted molar refractivity (Wildman–Crippen MR) is 73.4 cm³/mol. The van der Waals surface area contributed by atoms with E-state index in [0.29, 0.717) is 12.1 Å². The SMILES string of the molecule is CCC(C)NCC(CC(C)C)N1CCOCC1. The second kappa shape index (κ2) is 8.06. The summed E-state index contributed by atoms with van der Waals surface area (Å²) in [6, 6.07) is 1.30. The zero-order valence-corrected chi connectivity index (χ0v) is 12.0. The van der Waals surface area contributed by atoms with Gasteiger partial charge < -0.3 is 10.1 Å². The lowest BCUT2D eigenvalue weighted by Gasteiger charge is -2.36. The van der Waals surface area contributed by atoms with Crippen molar-refractivity contribution < 1.29 is 4.74 Å². The Labute approximate surface area is 107 Å². The molecule has 1 aliphatic rings. The van der Waals surface area contributed by atoms with Gasteiger partial charge in [0.15, 0.2) is 0 Å². The molecule has 0 saturated carbocycles. The zero-order valence-electron chi connectivity index (χ0n) is 12.0. The fourth-order valence-corrected chi connectivity index (χ4v) is 2.33. The van der Waals surface area contributed by atoms with Gasteiger partial charge in [-0.25, -0.2) is 0 Å². The molecule has 1 fully saturated rings. The van der Waals surface area contributed by atoms with Gasteiger partial charge in [-0.05, 0) is 25.7 Å². The fraction of sp³-hybridized carbons (Fsp3) is 1.00. The quantitative estimate of drug-likeness (QED) is 0.740. The zero-order chi connectivity index (χ0) is 12.7. The molecular formula is C14H30N2O. The second-order valence-electron chi connectivity index (χ2n) is 5.65. The van der Waals surface area contributed by atoms with Crippen LogP contribution in [0.4, 0.5) is 0 Å². The topological polar surface area (TPSA) is 24.5 Å². The molecule has 2 atom stereocenters. The van der Waals surface area contributed by atoms with E-state index in [0.717, 1.165) is 38.8 Å². The van der Waals surface area contributed by atoms with Crippen molar-refractivity contribution in [2.24, 2.45) is 5.92 Å². The maximum Gasteiger partial charge on any atom is 0.0594 e. The van der Waals surface area contributed by atoms with E-state index < -0.39 is 0 Å². The molecule has 1 N–H and O–H groups in total. The number of ether oxygens (including phenoxy) is 1. The minimum atomic E-state index is 0.630. The van der Waals surface area contributed by atoms with Crippen molar-refractivity contribution in [3.8, 4) is 0 Å².